The minimum Gasteiger partial charge on any atom is -0.468 e. The first kappa shape index (κ1) is 13.5. The van der Waals surface area contributed by atoms with E-state index in [0.717, 1.165) is 0 Å². The van der Waals surface area contributed by atoms with Crippen molar-refractivity contribution < 1.29 is 14.6 Å². The van der Waals surface area contributed by atoms with Crippen LogP contribution < -0.4 is 0 Å². The Morgan fingerprint density at radius 2 is 2.30 bits per heavy atom. The molecule has 0 spiro atoms. The average Bonchev–Trinajstić information content (AvgIpc) is 3.03. The van der Waals surface area contributed by atoms with E-state index in [4.69, 9.17) is 4.74 Å². The Morgan fingerprint density at radius 1 is 1.50 bits per heavy atom. The predicted octanol–water partition coefficient (Wildman–Crippen LogP) is 2.01. The number of aliphatic hydroxyl groups is 1. The molecule has 0 radical (unpaired) electrons. The summed E-state index contributed by atoms with van der Waals surface area (Å²) in [6, 6.07) is 7.91. The van der Waals surface area contributed by atoms with Crippen molar-refractivity contribution >= 4 is 27.4 Å². The third-order valence-corrected chi connectivity index (χ3v) is 4.80. The van der Waals surface area contributed by atoms with E-state index in [1.54, 1.807) is 11.3 Å². The highest BCUT2D eigenvalue weighted by Crippen LogP contribution is 2.29. The lowest BCUT2D eigenvalue weighted by molar-refractivity contribution is -0.146. The number of β-amino-alcohol motifs (C(OH)–C–C–N with tert-alkyl or cyclic N) is 1. The van der Waals surface area contributed by atoms with Crippen molar-refractivity contribution in [3.63, 3.8) is 0 Å². The maximum Gasteiger partial charge on any atom is 0.323 e. The summed E-state index contributed by atoms with van der Waals surface area (Å²) in [5.41, 5.74) is 1.20. The number of esters is 1. The lowest BCUT2D eigenvalue weighted by Crippen LogP contribution is -2.36. The smallest absolute Gasteiger partial charge is 0.323 e. The van der Waals surface area contributed by atoms with Crippen LogP contribution in [-0.4, -0.2) is 41.8 Å². The van der Waals surface area contributed by atoms with E-state index in [2.05, 4.69) is 17.5 Å². The molecule has 2 aromatic rings. The van der Waals surface area contributed by atoms with Crippen molar-refractivity contribution in [1.29, 1.82) is 0 Å². The molecule has 3 rings (SSSR count). The van der Waals surface area contributed by atoms with Crippen LogP contribution in [-0.2, 0) is 16.1 Å². The van der Waals surface area contributed by atoms with Crippen LogP contribution in [0.2, 0.25) is 0 Å². The number of aliphatic hydroxyl groups excluding tert-OH is 1. The number of thiophene rings is 1. The van der Waals surface area contributed by atoms with Crippen LogP contribution in [0.25, 0.3) is 10.1 Å². The summed E-state index contributed by atoms with van der Waals surface area (Å²) in [5.74, 6) is -0.263. The molecule has 1 aromatic heterocycles. The minimum absolute atomic E-state index is 0.263. The molecule has 1 N–H and O–H groups in total. The Balaban J connectivity index is 1.84. The van der Waals surface area contributed by atoms with Gasteiger partial charge in [-0.2, -0.15) is 0 Å². The molecule has 2 unspecified atom stereocenters. The van der Waals surface area contributed by atoms with Gasteiger partial charge in [-0.1, -0.05) is 18.2 Å². The van der Waals surface area contributed by atoms with Crippen molar-refractivity contribution in [1.82, 2.24) is 4.90 Å². The van der Waals surface area contributed by atoms with Crippen LogP contribution in [0.3, 0.4) is 0 Å². The van der Waals surface area contributed by atoms with Crippen molar-refractivity contribution in [2.75, 3.05) is 13.7 Å². The molecule has 1 aliphatic heterocycles. The molecule has 2 heterocycles. The molecular weight excluding hydrogens is 274 g/mol. The fourth-order valence-corrected chi connectivity index (χ4v) is 3.76. The molecule has 1 aromatic carbocycles. The highest BCUT2D eigenvalue weighted by molar-refractivity contribution is 7.17. The van der Waals surface area contributed by atoms with Gasteiger partial charge in [0.15, 0.2) is 0 Å². The Labute approximate surface area is 121 Å². The number of rotatable bonds is 3. The molecular formula is C15H17NO3S. The first-order valence-electron chi connectivity index (χ1n) is 6.64. The van der Waals surface area contributed by atoms with E-state index in [9.17, 15) is 9.90 Å². The van der Waals surface area contributed by atoms with Gasteiger partial charge in [-0.3, -0.25) is 9.69 Å². The molecule has 5 heteroatoms. The Hall–Kier alpha value is -1.43. The van der Waals surface area contributed by atoms with Gasteiger partial charge in [0.25, 0.3) is 0 Å². The molecule has 1 aliphatic rings. The molecule has 0 amide bonds. The van der Waals surface area contributed by atoms with Gasteiger partial charge in [0.1, 0.15) is 6.04 Å². The second-order valence-electron chi connectivity index (χ2n) is 5.12. The number of nitrogens with zero attached hydrogens (tertiary/aromatic N) is 1. The van der Waals surface area contributed by atoms with Gasteiger partial charge in [-0.25, -0.2) is 0 Å². The molecule has 4 nitrogen and oxygen atoms in total. The quantitative estimate of drug-likeness (QED) is 0.879. The van der Waals surface area contributed by atoms with Crippen molar-refractivity contribution in [2.45, 2.75) is 25.1 Å². The van der Waals surface area contributed by atoms with Crippen LogP contribution in [0.1, 0.15) is 12.0 Å². The molecule has 106 valence electrons. The zero-order valence-corrected chi connectivity index (χ0v) is 12.1. The Kier molecular flexibility index (Phi) is 3.74. The van der Waals surface area contributed by atoms with Crippen molar-refractivity contribution in [3.8, 4) is 0 Å². The van der Waals surface area contributed by atoms with Gasteiger partial charge in [0, 0.05) is 24.2 Å². The maximum absolute atomic E-state index is 11.8. The average molecular weight is 291 g/mol. The third-order valence-electron chi connectivity index (χ3n) is 3.79. The summed E-state index contributed by atoms with van der Waals surface area (Å²) in [6.45, 7) is 1.19. The summed E-state index contributed by atoms with van der Waals surface area (Å²) in [7, 11) is 1.39. The molecule has 2 atom stereocenters. The van der Waals surface area contributed by atoms with Crippen LogP contribution >= 0.6 is 11.3 Å². The van der Waals surface area contributed by atoms with Crippen molar-refractivity contribution in [3.05, 3.63) is 35.2 Å². The number of benzene rings is 1. The summed E-state index contributed by atoms with van der Waals surface area (Å²) in [5, 5.41) is 13.2. The highest BCUT2D eigenvalue weighted by Gasteiger charge is 2.36. The number of likely N-dealkylation sites (tertiary alicyclic amines) is 1. The largest absolute Gasteiger partial charge is 0.468 e. The predicted molar refractivity (Wildman–Crippen MR) is 78.7 cm³/mol. The minimum atomic E-state index is -0.455. The van der Waals surface area contributed by atoms with Crippen LogP contribution in [0.5, 0.6) is 0 Å². The van der Waals surface area contributed by atoms with Crippen LogP contribution in [0, 0.1) is 0 Å². The molecule has 0 bridgehead atoms. The van der Waals surface area contributed by atoms with Crippen LogP contribution in [0.15, 0.2) is 29.6 Å². The first-order chi connectivity index (χ1) is 9.69. The Morgan fingerprint density at radius 3 is 3.10 bits per heavy atom. The van der Waals surface area contributed by atoms with E-state index in [0.29, 0.717) is 19.5 Å². The van der Waals surface area contributed by atoms with E-state index < -0.39 is 6.10 Å². The fraction of sp³-hybridized carbons (Fsp3) is 0.400. The van der Waals surface area contributed by atoms with Gasteiger partial charge < -0.3 is 9.84 Å². The zero-order chi connectivity index (χ0) is 14.1. The summed E-state index contributed by atoms with van der Waals surface area (Å²) < 4.78 is 6.08. The standard InChI is InChI=1S/C15H17NO3S/c1-19-15(18)13-6-11(17)8-16(13)7-10-9-20-14-5-3-2-4-12(10)14/h2-5,9,11,13,17H,6-8H2,1H3. The van der Waals surface area contributed by atoms with Gasteiger partial charge in [0.05, 0.1) is 13.2 Å². The third kappa shape index (κ3) is 2.44. The number of carbonyl (C=O) groups is 1. The number of hydrogen-bond donors (Lipinski definition) is 1. The summed E-state index contributed by atoms with van der Waals surface area (Å²) >= 11 is 1.71. The number of fused-ring (bicyclic) bond motifs is 1. The molecule has 0 saturated carbocycles. The Bertz CT molecular complexity index is 624. The monoisotopic (exact) mass is 291 g/mol. The second kappa shape index (κ2) is 5.52. The molecule has 20 heavy (non-hydrogen) atoms. The summed E-state index contributed by atoms with van der Waals surface area (Å²) in [4.78, 5) is 13.8. The fourth-order valence-electron chi connectivity index (χ4n) is 2.81. The molecule has 1 saturated heterocycles. The first-order valence-corrected chi connectivity index (χ1v) is 7.52. The SMILES string of the molecule is COC(=O)C1CC(O)CN1Cc1csc2ccccc12. The second-order valence-corrected chi connectivity index (χ2v) is 6.03. The summed E-state index contributed by atoms with van der Waals surface area (Å²) in [6.07, 6.45) is -0.00151. The van der Waals surface area contributed by atoms with Gasteiger partial charge >= 0.3 is 5.97 Å². The van der Waals surface area contributed by atoms with Gasteiger partial charge in [0.2, 0.25) is 0 Å². The van der Waals surface area contributed by atoms with E-state index in [1.165, 1.54) is 22.8 Å². The van der Waals surface area contributed by atoms with Crippen molar-refractivity contribution in [2.24, 2.45) is 0 Å². The maximum atomic E-state index is 11.8. The number of methoxy groups -OCH3 is 1. The van der Waals surface area contributed by atoms with Gasteiger partial charge in [-0.15, -0.1) is 11.3 Å². The number of hydrogen-bond acceptors (Lipinski definition) is 5. The van der Waals surface area contributed by atoms with E-state index >= 15 is 0 Å². The van der Waals surface area contributed by atoms with Gasteiger partial charge in [-0.05, 0) is 22.4 Å². The normalized spacial score (nSPS) is 23.3. The number of carbonyl (C=O) groups excluding carboxylic acids is 1. The van der Waals surface area contributed by atoms with Crippen LogP contribution in [0.4, 0.5) is 0 Å². The van der Waals surface area contributed by atoms with E-state index in [1.807, 2.05) is 17.0 Å². The lowest BCUT2D eigenvalue weighted by atomic mass is 10.1. The van der Waals surface area contributed by atoms with E-state index in [-0.39, 0.29) is 12.0 Å². The highest BCUT2D eigenvalue weighted by atomic mass is 32.1. The topological polar surface area (TPSA) is 49.8 Å². The lowest BCUT2D eigenvalue weighted by Gasteiger charge is -2.21. The molecule has 0 aliphatic carbocycles. The zero-order valence-electron chi connectivity index (χ0n) is 11.3. The number of ether oxygens (including phenoxy) is 1. The molecule has 1 fully saturated rings.